The van der Waals surface area contributed by atoms with Crippen molar-refractivity contribution in [2.45, 2.75) is 84.7 Å². The van der Waals surface area contributed by atoms with Crippen molar-refractivity contribution in [1.82, 2.24) is 0 Å². The van der Waals surface area contributed by atoms with E-state index in [0.29, 0.717) is 17.8 Å². The van der Waals surface area contributed by atoms with Gasteiger partial charge in [-0.15, -0.1) is 0 Å². The Kier molecular flexibility index (Phi) is 5.15. The van der Waals surface area contributed by atoms with E-state index in [1.807, 2.05) is 18.7 Å². The van der Waals surface area contributed by atoms with Gasteiger partial charge in [-0.05, 0) is 104 Å². The average Bonchev–Trinajstić information content (AvgIpc) is 2.64. The molecule has 5 aliphatic rings. The molecule has 0 aromatic rings. The van der Waals surface area contributed by atoms with E-state index in [9.17, 15) is 15.0 Å². The van der Waals surface area contributed by atoms with Crippen LogP contribution in [-0.4, -0.2) is 33.8 Å². The molecule has 2 N–H and O–H groups in total. The maximum absolute atomic E-state index is 12.2. The minimum Gasteiger partial charge on any atom is -0.481 e. The van der Waals surface area contributed by atoms with E-state index in [4.69, 9.17) is 0 Å². The summed E-state index contributed by atoms with van der Waals surface area (Å²) in [4.78, 5) is 12.2. The Hall–Kier alpha value is -0.220. The number of aliphatic hydroxyl groups is 1. The number of aliphatic hydroxyl groups excluding tert-OH is 1. The van der Waals surface area contributed by atoms with Gasteiger partial charge in [0.1, 0.15) is 0 Å². The van der Waals surface area contributed by atoms with Gasteiger partial charge in [-0.1, -0.05) is 20.3 Å². The van der Waals surface area contributed by atoms with E-state index in [0.717, 1.165) is 37.9 Å². The summed E-state index contributed by atoms with van der Waals surface area (Å²) in [7, 11) is 0. The molecule has 0 aromatic carbocycles. The second-order valence-corrected chi connectivity index (χ2v) is 11.8. The van der Waals surface area contributed by atoms with Crippen molar-refractivity contribution in [2.24, 2.45) is 39.9 Å². The number of thioether (sulfide) groups is 1. The average molecular weight is 395 g/mol. The molecule has 5 saturated carbocycles. The molecule has 5 aliphatic carbocycles. The van der Waals surface area contributed by atoms with Gasteiger partial charge in [0.25, 0.3) is 0 Å². The predicted molar refractivity (Wildman–Crippen MR) is 111 cm³/mol. The molecule has 3 nitrogen and oxygen atoms in total. The normalized spacial score (nSPS) is 51.5. The van der Waals surface area contributed by atoms with Crippen LogP contribution in [0.5, 0.6) is 0 Å². The topological polar surface area (TPSA) is 57.5 Å². The Morgan fingerprint density at radius 2 is 1.85 bits per heavy atom. The van der Waals surface area contributed by atoms with Crippen LogP contribution in [0.25, 0.3) is 0 Å². The van der Waals surface area contributed by atoms with E-state index >= 15 is 0 Å². The van der Waals surface area contributed by atoms with Crippen LogP contribution >= 0.6 is 11.8 Å². The molecular formula is C23H38O3S. The van der Waals surface area contributed by atoms with Gasteiger partial charge in [0, 0.05) is 0 Å². The largest absolute Gasteiger partial charge is 0.481 e. The van der Waals surface area contributed by atoms with Crippen molar-refractivity contribution >= 4 is 17.7 Å². The fraction of sp³-hybridized carbons (Fsp3) is 0.957. The van der Waals surface area contributed by atoms with Crippen molar-refractivity contribution in [2.75, 3.05) is 11.5 Å². The first kappa shape index (κ1) is 20.1. The molecule has 0 heterocycles. The van der Waals surface area contributed by atoms with Gasteiger partial charge in [0.2, 0.25) is 0 Å². The zero-order chi connectivity index (χ0) is 19.4. The lowest BCUT2D eigenvalue weighted by molar-refractivity contribution is -0.241. The summed E-state index contributed by atoms with van der Waals surface area (Å²) < 4.78 is 0. The zero-order valence-electron chi connectivity index (χ0n) is 17.4. The molecule has 0 saturated heterocycles. The first-order valence-corrected chi connectivity index (χ1v) is 12.4. The van der Waals surface area contributed by atoms with Crippen LogP contribution in [0.4, 0.5) is 0 Å². The molecule has 27 heavy (non-hydrogen) atoms. The fourth-order valence-electron chi connectivity index (χ4n) is 8.32. The Labute approximate surface area is 169 Å². The number of rotatable bonds is 5. The molecule has 0 radical (unpaired) electrons. The first-order chi connectivity index (χ1) is 12.8. The standard InChI is InChI=1S/C23H38O3S/c1-4-12-27-14-16-15-6-10-23(19(16)24)11-7-17-21(2,18(23)13-15)8-5-9-22(17,3)20(25)26/h15-19,24H,4-14H2,1-3H3,(H,25,26)/t15-,16+,17+,18+,19-,21-,22-,23+/m1/s1. The van der Waals surface area contributed by atoms with Crippen molar-refractivity contribution in [3.63, 3.8) is 0 Å². The Morgan fingerprint density at radius 1 is 1.11 bits per heavy atom. The van der Waals surface area contributed by atoms with Crippen LogP contribution in [0.1, 0.15) is 78.6 Å². The predicted octanol–water partition coefficient (Wildman–Crippen LogP) is 5.21. The van der Waals surface area contributed by atoms with Gasteiger partial charge >= 0.3 is 5.97 Å². The summed E-state index contributed by atoms with van der Waals surface area (Å²) in [5.41, 5.74) is -0.425. The number of carboxylic acids is 1. The van der Waals surface area contributed by atoms with Crippen LogP contribution < -0.4 is 0 Å². The summed E-state index contributed by atoms with van der Waals surface area (Å²) in [6.07, 6.45) is 9.76. The third-order valence-electron chi connectivity index (χ3n) is 9.63. The minimum absolute atomic E-state index is 0.0637. The number of hydrogen-bond acceptors (Lipinski definition) is 3. The summed E-state index contributed by atoms with van der Waals surface area (Å²) in [5, 5.41) is 21.6. The maximum atomic E-state index is 12.2. The Morgan fingerprint density at radius 3 is 2.56 bits per heavy atom. The fourth-order valence-corrected chi connectivity index (χ4v) is 9.50. The Balaban J connectivity index is 1.63. The van der Waals surface area contributed by atoms with Crippen LogP contribution in [0.15, 0.2) is 0 Å². The minimum atomic E-state index is -0.593. The lowest BCUT2D eigenvalue weighted by Gasteiger charge is -2.70. The highest BCUT2D eigenvalue weighted by Crippen LogP contribution is 2.72. The molecule has 1 spiro atoms. The van der Waals surface area contributed by atoms with Crippen LogP contribution in [0, 0.1) is 39.9 Å². The number of carboxylic acid groups (broad SMARTS) is 1. The number of carbonyl (C=O) groups is 1. The lowest BCUT2D eigenvalue weighted by Crippen LogP contribution is -2.67. The zero-order valence-corrected chi connectivity index (χ0v) is 18.2. The lowest BCUT2D eigenvalue weighted by atomic mass is 9.35. The van der Waals surface area contributed by atoms with Gasteiger partial charge in [-0.2, -0.15) is 11.8 Å². The van der Waals surface area contributed by atoms with Gasteiger partial charge in [-0.25, -0.2) is 0 Å². The molecule has 5 fully saturated rings. The third-order valence-corrected chi connectivity index (χ3v) is 10.9. The van der Waals surface area contributed by atoms with Crippen LogP contribution in [-0.2, 0) is 4.79 Å². The number of fused-ring (bicyclic) bond motifs is 3. The van der Waals surface area contributed by atoms with Crippen LogP contribution in [0.3, 0.4) is 0 Å². The molecule has 2 bridgehead atoms. The highest BCUT2D eigenvalue weighted by atomic mass is 32.2. The number of aliphatic carboxylic acids is 1. The summed E-state index contributed by atoms with van der Waals surface area (Å²) in [5.74, 6) is 3.61. The maximum Gasteiger partial charge on any atom is 0.309 e. The van der Waals surface area contributed by atoms with E-state index in [2.05, 4.69) is 13.8 Å². The molecule has 0 aromatic heterocycles. The molecule has 8 atom stereocenters. The van der Waals surface area contributed by atoms with Crippen molar-refractivity contribution in [3.05, 3.63) is 0 Å². The van der Waals surface area contributed by atoms with Gasteiger partial charge < -0.3 is 10.2 Å². The Bertz CT molecular complexity index is 594. The van der Waals surface area contributed by atoms with Gasteiger partial charge in [-0.3, -0.25) is 4.79 Å². The third kappa shape index (κ3) is 2.75. The molecule has 0 aliphatic heterocycles. The monoisotopic (exact) mass is 394 g/mol. The molecule has 0 unspecified atom stereocenters. The summed E-state index contributed by atoms with van der Waals surface area (Å²) in [6.45, 7) is 6.64. The van der Waals surface area contributed by atoms with E-state index in [1.165, 1.54) is 31.4 Å². The first-order valence-electron chi connectivity index (χ1n) is 11.3. The highest BCUT2D eigenvalue weighted by molar-refractivity contribution is 7.99. The molecule has 0 amide bonds. The van der Waals surface area contributed by atoms with Gasteiger partial charge in [0.15, 0.2) is 0 Å². The molecule has 154 valence electrons. The molecule has 4 heteroatoms. The van der Waals surface area contributed by atoms with Crippen molar-refractivity contribution < 1.29 is 15.0 Å². The summed E-state index contributed by atoms with van der Waals surface area (Å²) >= 11 is 2.03. The SMILES string of the molecule is CCCSC[C@H]1[C@@H]2CC[C@@]3(CC[C@H]4[C@@](C)(CCC[C@@]4(C)C(=O)O)[C@@H]3C2)[C@@H]1O. The quantitative estimate of drug-likeness (QED) is 0.628. The van der Waals surface area contributed by atoms with E-state index in [1.54, 1.807) is 0 Å². The molecular weight excluding hydrogens is 356 g/mol. The summed E-state index contributed by atoms with van der Waals surface area (Å²) in [6, 6.07) is 0. The second-order valence-electron chi connectivity index (χ2n) is 10.7. The van der Waals surface area contributed by atoms with Crippen molar-refractivity contribution in [3.8, 4) is 0 Å². The van der Waals surface area contributed by atoms with Crippen molar-refractivity contribution in [1.29, 1.82) is 0 Å². The van der Waals surface area contributed by atoms with Gasteiger partial charge in [0.05, 0.1) is 11.5 Å². The highest BCUT2D eigenvalue weighted by Gasteiger charge is 2.68. The molecule has 5 rings (SSSR count). The van der Waals surface area contributed by atoms with Crippen LogP contribution in [0.2, 0.25) is 0 Å². The van der Waals surface area contributed by atoms with E-state index in [-0.39, 0.29) is 22.9 Å². The smallest absolute Gasteiger partial charge is 0.309 e. The van der Waals surface area contributed by atoms with E-state index < -0.39 is 11.4 Å². The number of hydrogen-bond donors (Lipinski definition) is 2. The second kappa shape index (κ2) is 6.93.